The third-order valence-electron chi connectivity index (χ3n) is 5.49. The molecule has 202 valence electrons. The average molecular weight is 582 g/mol. The monoisotopic (exact) mass is 581 g/mol. The minimum absolute atomic E-state index is 0.0937. The Labute approximate surface area is 237 Å². The maximum Gasteiger partial charge on any atom is 0.341 e. The lowest BCUT2D eigenvalue weighted by Crippen LogP contribution is -2.20. The lowest BCUT2D eigenvalue weighted by Gasteiger charge is -2.12. The molecule has 0 aliphatic carbocycles. The zero-order valence-electron chi connectivity index (χ0n) is 21.3. The topological polar surface area (TPSA) is 106 Å². The summed E-state index contributed by atoms with van der Waals surface area (Å²) in [6.45, 7) is 2.01. The van der Waals surface area contributed by atoms with E-state index in [0.29, 0.717) is 34.1 Å². The van der Waals surface area contributed by atoms with Gasteiger partial charge in [0.05, 0.1) is 24.2 Å². The first-order chi connectivity index (χ1) is 18.8. The smallest absolute Gasteiger partial charge is 0.341 e. The number of methoxy groups -OCH3 is 1. The molecule has 0 fully saturated rings. The highest BCUT2D eigenvalue weighted by Gasteiger charge is 2.19. The summed E-state index contributed by atoms with van der Waals surface area (Å²) in [4.78, 5) is 13.7. The number of anilines is 3. The first-order valence-electron chi connectivity index (χ1n) is 12.0. The first-order valence-corrected chi connectivity index (χ1v) is 14.7. The van der Waals surface area contributed by atoms with Gasteiger partial charge < -0.3 is 20.1 Å². The summed E-state index contributed by atoms with van der Waals surface area (Å²) in [7, 11) is -2.25. The van der Waals surface area contributed by atoms with Gasteiger partial charge in [0, 0.05) is 22.7 Å². The molecule has 0 amide bonds. The van der Waals surface area contributed by atoms with E-state index in [4.69, 9.17) is 21.7 Å². The van der Waals surface area contributed by atoms with Crippen molar-refractivity contribution in [3.63, 3.8) is 0 Å². The molecule has 3 aromatic carbocycles. The van der Waals surface area contributed by atoms with Crippen LogP contribution in [0.5, 0.6) is 5.75 Å². The van der Waals surface area contributed by atoms with Crippen molar-refractivity contribution in [2.24, 2.45) is 0 Å². The second kappa shape index (κ2) is 12.7. The Morgan fingerprint density at radius 1 is 0.923 bits per heavy atom. The first kappa shape index (κ1) is 28.1. The fourth-order valence-electron chi connectivity index (χ4n) is 3.64. The van der Waals surface area contributed by atoms with Gasteiger partial charge in [0.25, 0.3) is 10.0 Å². The molecule has 0 radical (unpaired) electrons. The Morgan fingerprint density at radius 2 is 1.59 bits per heavy atom. The number of esters is 1. The van der Waals surface area contributed by atoms with Crippen molar-refractivity contribution >= 4 is 61.0 Å². The number of rotatable bonds is 10. The van der Waals surface area contributed by atoms with Crippen LogP contribution >= 0.6 is 23.6 Å². The molecule has 11 heteroatoms. The number of benzene rings is 3. The van der Waals surface area contributed by atoms with Gasteiger partial charge in [0.15, 0.2) is 5.11 Å². The van der Waals surface area contributed by atoms with Crippen LogP contribution in [0.4, 0.5) is 16.4 Å². The van der Waals surface area contributed by atoms with Crippen molar-refractivity contribution in [1.29, 1.82) is 0 Å². The molecular formula is C28H27N3O5S3. The van der Waals surface area contributed by atoms with Crippen molar-refractivity contribution in [3.05, 3.63) is 101 Å². The van der Waals surface area contributed by atoms with E-state index in [1.54, 1.807) is 50.4 Å². The van der Waals surface area contributed by atoms with Gasteiger partial charge in [-0.15, -0.1) is 11.3 Å². The Hall–Kier alpha value is -3.93. The molecule has 0 aliphatic heterocycles. The van der Waals surface area contributed by atoms with E-state index in [2.05, 4.69) is 15.4 Å². The van der Waals surface area contributed by atoms with Crippen molar-refractivity contribution < 1.29 is 22.7 Å². The largest absolute Gasteiger partial charge is 0.497 e. The van der Waals surface area contributed by atoms with Crippen LogP contribution in [0, 0.1) is 0 Å². The quantitative estimate of drug-likeness (QED) is 0.152. The molecule has 1 aromatic heterocycles. The molecule has 3 N–H and O–H groups in total. The van der Waals surface area contributed by atoms with E-state index in [0.717, 1.165) is 10.4 Å². The van der Waals surface area contributed by atoms with Gasteiger partial charge in [-0.25, -0.2) is 13.2 Å². The minimum atomic E-state index is -3.79. The van der Waals surface area contributed by atoms with Gasteiger partial charge >= 0.3 is 5.97 Å². The van der Waals surface area contributed by atoms with E-state index in [9.17, 15) is 13.2 Å². The highest BCUT2D eigenvalue weighted by Crippen LogP contribution is 2.31. The number of nitrogens with one attached hydrogen (secondary N) is 3. The van der Waals surface area contributed by atoms with Crippen molar-refractivity contribution in [2.75, 3.05) is 29.1 Å². The predicted molar refractivity (Wildman–Crippen MR) is 160 cm³/mol. The van der Waals surface area contributed by atoms with Crippen LogP contribution in [0.15, 0.2) is 89.8 Å². The summed E-state index contributed by atoms with van der Waals surface area (Å²) in [5.74, 6) is 0.194. The molecule has 0 bridgehead atoms. The van der Waals surface area contributed by atoms with Crippen LogP contribution in [0.2, 0.25) is 0 Å². The van der Waals surface area contributed by atoms with Crippen LogP contribution < -0.4 is 20.1 Å². The highest BCUT2D eigenvalue weighted by molar-refractivity contribution is 7.92. The predicted octanol–water partition coefficient (Wildman–Crippen LogP) is 6.13. The summed E-state index contributed by atoms with van der Waals surface area (Å²) in [6.07, 6.45) is 0.667. The summed E-state index contributed by atoms with van der Waals surface area (Å²) in [5, 5.41) is 6.94. The number of carbonyl (C=O) groups excluding carboxylic acids is 1. The van der Waals surface area contributed by atoms with Gasteiger partial charge in [-0.1, -0.05) is 30.3 Å². The van der Waals surface area contributed by atoms with Gasteiger partial charge in [-0.2, -0.15) is 0 Å². The average Bonchev–Trinajstić information content (AvgIpc) is 3.31. The number of hydrogen-bond donors (Lipinski definition) is 3. The third-order valence-corrected chi connectivity index (χ3v) is 8.14. The van der Waals surface area contributed by atoms with Gasteiger partial charge in [0.2, 0.25) is 0 Å². The van der Waals surface area contributed by atoms with Crippen LogP contribution in [0.3, 0.4) is 0 Å². The fourth-order valence-corrected chi connectivity index (χ4v) is 6.06. The molecule has 1 heterocycles. The molecule has 0 atom stereocenters. The second-order valence-corrected chi connectivity index (χ2v) is 11.5. The molecule has 0 saturated heterocycles. The van der Waals surface area contributed by atoms with Gasteiger partial charge in [0.1, 0.15) is 10.8 Å². The summed E-state index contributed by atoms with van der Waals surface area (Å²) >= 11 is 6.89. The van der Waals surface area contributed by atoms with Crippen molar-refractivity contribution in [2.45, 2.75) is 18.2 Å². The molecule has 0 unspecified atom stereocenters. The summed E-state index contributed by atoms with van der Waals surface area (Å²) < 4.78 is 38.4. The van der Waals surface area contributed by atoms with Crippen molar-refractivity contribution in [3.8, 4) is 5.75 Å². The molecule has 8 nitrogen and oxygen atoms in total. The van der Waals surface area contributed by atoms with E-state index in [-0.39, 0.29) is 16.6 Å². The Kier molecular flexibility index (Phi) is 9.18. The van der Waals surface area contributed by atoms with Crippen LogP contribution in [0.25, 0.3) is 0 Å². The number of carbonyl (C=O) groups is 1. The second-order valence-electron chi connectivity index (χ2n) is 8.28. The standard InChI is InChI=1S/C28H27N3O5S3/c1-3-36-27(32)25-18-23(17-19-7-5-4-6-8-19)38-26(25)30-28(37)29-20-11-15-24(16-12-20)39(33,34)31-21-9-13-22(35-2)14-10-21/h4-16,18,31H,3,17H2,1-2H3,(H2,29,30,37). The highest BCUT2D eigenvalue weighted by atomic mass is 32.2. The van der Waals surface area contributed by atoms with Gasteiger partial charge in [-0.05, 0) is 79.3 Å². The van der Waals surface area contributed by atoms with E-state index in [1.807, 2.05) is 36.4 Å². The minimum Gasteiger partial charge on any atom is -0.497 e. The molecule has 0 spiro atoms. The van der Waals surface area contributed by atoms with Crippen molar-refractivity contribution in [1.82, 2.24) is 0 Å². The third kappa shape index (κ3) is 7.56. The molecule has 39 heavy (non-hydrogen) atoms. The molecule has 4 rings (SSSR count). The molecule has 0 aliphatic rings. The normalized spacial score (nSPS) is 10.9. The Morgan fingerprint density at radius 3 is 2.23 bits per heavy atom. The molecular weight excluding hydrogens is 555 g/mol. The SMILES string of the molecule is CCOC(=O)c1cc(Cc2ccccc2)sc1NC(=S)Nc1ccc(S(=O)(=O)Nc2ccc(OC)cc2)cc1. The lowest BCUT2D eigenvalue weighted by atomic mass is 10.1. The van der Waals surface area contributed by atoms with E-state index < -0.39 is 16.0 Å². The molecule has 0 saturated carbocycles. The number of sulfonamides is 1. The Balaban J connectivity index is 1.43. The summed E-state index contributed by atoms with van der Waals surface area (Å²) in [5.41, 5.74) is 2.53. The number of thiophene rings is 1. The van der Waals surface area contributed by atoms with Crippen LogP contribution in [0.1, 0.15) is 27.7 Å². The van der Waals surface area contributed by atoms with Gasteiger partial charge in [-0.3, -0.25) is 4.72 Å². The van der Waals surface area contributed by atoms with E-state index >= 15 is 0 Å². The fraction of sp³-hybridized carbons (Fsp3) is 0.143. The van der Waals surface area contributed by atoms with Crippen LogP contribution in [-0.2, 0) is 21.2 Å². The zero-order valence-corrected chi connectivity index (χ0v) is 23.7. The Bertz CT molecular complexity index is 1540. The number of ether oxygens (including phenoxy) is 2. The number of hydrogen-bond acceptors (Lipinski definition) is 7. The summed E-state index contributed by atoms with van der Waals surface area (Å²) in [6, 6.07) is 24.5. The molecule has 4 aromatic rings. The zero-order chi connectivity index (χ0) is 27.8. The lowest BCUT2D eigenvalue weighted by molar-refractivity contribution is 0.0528. The van der Waals surface area contributed by atoms with E-state index in [1.165, 1.54) is 23.5 Å². The maximum absolute atomic E-state index is 12.8. The van der Waals surface area contributed by atoms with Crippen LogP contribution in [-0.4, -0.2) is 33.2 Å². The maximum atomic E-state index is 12.8. The number of thiocarbonyl (C=S) groups is 1.